The summed E-state index contributed by atoms with van der Waals surface area (Å²) in [7, 11) is 0. The summed E-state index contributed by atoms with van der Waals surface area (Å²) < 4.78 is 18.2. The van der Waals surface area contributed by atoms with Gasteiger partial charge < -0.3 is 14.2 Å². The highest BCUT2D eigenvalue weighted by atomic mass is 16.7. The Bertz CT molecular complexity index is 1410. The van der Waals surface area contributed by atoms with Gasteiger partial charge >= 0.3 is 0 Å². The normalized spacial score (nSPS) is 28.1. The van der Waals surface area contributed by atoms with Crippen molar-refractivity contribution in [1.29, 1.82) is 21.2 Å². The molecular formula is C28H20N4O3. The zero-order valence-corrected chi connectivity index (χ0v) is 18.8. The zero-order chi connectivity index (χ0) is 24.7. The molecule has 2 aliphatic rings. The van der Waals surface area contributed by atoms with Crippen molar-refractivity contribution in [3.63, 3.8) is 0 Å². The molecule has 2 heterocycles. The summed E-state index contributed by atoms with van der Waals surface area (Å²) in [5.74, 6) is -1.67. The van der Waals surface area contributed by atoms with Crippen LogP contribution in [-0.4, -0.2) is 11.7 Å². The highest BCUT2D eigenvalue weighted by Crippen LogP contribution is 2.69. The van der Waals surface area contributed by atoms with E-state index in [1.807, 2.05) is 36.4 Å². The first kappa shape index (κ1) is 22.2. The van der Waals surface area contributed by atoms with Crippen molar-refractivity contribution in [3.8, 4) is 29.7 Å². The molecule has 2 bridgehead atoms. The van der Waals surface area contributed by atoms with E-state index in [0.717, 1.165) is 0 Å². The smallest absolute Gasteiger partial charge is 0.218 e. The molecule has 170 valence electrons. The lowest BCUT2D eigenvalue weighted by Crippen LogP contribution is -2.57. The van der Waals surface area contributed by atoms with Crippen LogP contribution in [-0.2, 0) is 9.47 Å². The van der Waals surface area contributed by atoms with E-state index in [1.54, 1.807) is 55.5 Å². The first-order valence-electron chi connectivity index (χ1n) is 11.0. The van der Waals surface area contributed by atoms with Crippen molar-refractivity contribution < 1.29 is 14.2 Å². The third-order valence-corrected chi connectivity index (χ3v) is 6.79. The van der Waals surface area contributed by atoms with E-state index in [9.17, 15) is 15.8 Å². The average molecular weight is 460 g/mol. The van der Waals surface area contributed by atoms with Gasteiger partial charge in [-0.05, 0) is 35.4 Å². The predicted octanol–water partition coefficient (Wildman–Crippen LogP) is 5.60. The minimum absolute atomic E-state index is 0.446. The Balaban J connectivity index is 1.68. The van der Waals surface area contributed by atoms with E-state index < -0.39 is 34.5 Å². The van der Waals surface area contributed by atoms with Gasteiger partial charge in [-0.2, -0.15) is 15.8 Å². The van der Waals surface area contributed by atoms with E-state index in [4.69, 9.17) is 19.6 Å². The van der Waals surface area contributed by atoms with Crippen LogP contribution in [0.25, 0.3) is 0 Å². The molecule has 4 atom stereocenters. The largest absolute Gasteiger partial charge is 0.457 e. The van der Waals surface area contributed by atoms with Gasteiger partial charge in [0.2, 0.25) is 17.1 Å². The molecule has 0 spiro atoms. The molecule has 2 aliphatic heterocycles. The predicted molar refractivity (Wildman–Crippen MR) is 125 cm³/mol. The third-order valence-electron chi connectivity index (χ3n) is 6.79. The number of hydrogen-bond donors (Lipinski definition) is 1. The summed E-state index contributed by atoms with van der Waals surface area (Å²) in [6.45, 7) is 1.65. The van der Waals surface area contributed by atoms with Crippen molar-refractivity contribution in [2.24, 2.45) is 10.8 Å². The maximum absolute atomic E-state index is 10.5. The van der Waals surface area contributed by atoms with Gasteiger partial charge in [0.15, 0.2) is 5.41 Å². The number of fused-ring (bicyclic) bond motifs is 2. The number of nitrogens with one attached hydrogen (secondary N) is 1. The van der Waals surface area contributed by atoms with Crippen molar-refractivity contribution in [2.45, 2.75) is 24.7 Å². The Morgan fingerprint density at radius 3 is 2.03 bits per heavy atom. The molecule has 0 radical (unpaired) electrons. The summed E-state index contributed by atoms with van der Waals surface area (Å²) in [5.41, 5.74) is -2.85. The standard InChI is InChI=1S/C28H20N4O3/c1-26-23(19-9-4-2-5-10-19)28(18-31,25(32)35-26)27(16-29,17-30)24(34-26)20-11-8-14-22(15-20)33-21-12-6-3-7-13-21/h2-15,23-24,32H,1H3. The van der Waals surface area contributed by atoms with Crippen LogP contribution in [0.1, 0.15) is 30.1 Å². The summed E-state index contributed by atoms with van der Waals surface area (Å²) in [4.78, 5) is 0. The van der Waals surface area contributed by atoms with E-state index in [0.29, 0.717) is 22.6 Å². The first-order valence-corrected chi connectivity index (χ1v) is 11.0. The van der Waals surface area contributed by atoms with Crippen LogP contribution in [0.15, 0.2) is 84.9 Å². The van der Waals surface area contributed by atoms with Crippen LogP contribution >= 0.6 is 0 Å². The lowest BCUT2D eigenvalue weighted by atomic mass is 9.52. The molecule has 7 nitrogen and oxygen atoms in total. The quantitative estimate of drug-likeness (QED) is 0.540. The fraction of sp³-hybridized carbons (Fsp3) is 0.214. The highest BCUT2D eigenvalue weighted by Gasteiger charge is 2.79. The fourth-order valence-electron chi connectivity index (χ4n) is 5.30. The molecule has 1 N–H and O–H groups in total. The summed E-state index contributed by atoms with van der Waals surface area (Å²) in [5, 5.41) is 40.2. The number of ether oxygens (including phenoxy) is 3. The number of para-hydroxylation sites is 1. The van der Waals surface area contributed by atoms with Gasteiger partial charge in [0.1, 0.15) is 17.6 Å². The molecule has 7 heteroatoms. The van der Waals surface area contributed by atoms with Crippen molar-refractivity contribution >= 4 is 5.90 Å². The molecule has 0 saturated carbocycles. The van der Waals surface area contributed by atoms with Crippen molar-refractivity contribution in [1.82, 2.24) is 0 Å². The van der Waals surface area contributed by atoms with Gasteiger partial charge in [-0.1, -0.05) is 60.7 Å². The second-order valence-electron chi connectivity index (χ2n) is 8.73. The van der Waals surface area contributed by atoms with Crippen LogP contribution in [0.5, 0.6) is 11.5 Å². The molecule has 3 aromatic rings. The topological polar surface area (TPSA) is 123 Å². The summed E-state index contributed by atoms with van der Waals surface area (Å²) in [6, 6.07) is 31.4. The number of rotatable bonds is 4. The molecular weight excluding hydrogens is 440 g/mol. The van der Waals surface area contributed by atoms with Crippen LogP contribution in [0.4, 0.5) is 0 Å². The lowest BCUT2D eigenvalue weighted by Gasteiger charge is -2.48. The maximum atomic E-state index is 10.5. The van der Waals surface area contributed by atoms with Crippen molar-refractivity contribution in [2.75, 3.05) is 0 Å². The second-order valence-corrected chi connectivity index (χ2v) is 8.73. The molecule has 2 saturated heterocycles. The minimum atomic E-state index is -2.07. The minimum Gasteiger partial charge on any atom is -0.457 e. The zero-order valence-electron chi connectivity index (χ0n) is 18.8. The van der Waals surface area contributed by atoms with E-state index in [-0.39, 0.29) is 0 Å². The number of benzene rings is 3. The SMILES string of the molecule is CC12OC(=N)C(C#N)(C1c1ccccc1)C(C#N)(C#N)C(c1cccc(Oc3ccccc3)c1)O2. The Hall–Kier alpha value is -4.64. The molecule has 35 heavy (non-hydrogen) atoms. The molecule has 0 aliphatic carbocycles. The average Bonchev–Trinajstić information content (AvgIpc) is 3.07. The summed E-state index contributed by atoms with van der Waals surface area (Å²) in [6.07, 6.45) is -1.18. The summed E-state index contributed by atoms with van der Waals surface area (Å²) >= 11 is 0. The Kier molecular flexibility index (Phi) is 5.06. The van der Waals surface area contributed by atoms with Gasteiger partial charge in [-0.15, -0.1) is 0 Å². The van der Waals surface area contributed by atoms with Gasteiger partial charge in [-0.3, -0.25) is 5.41 Å². The van der Waals surface area contributed by atoms with E-state index in [2.05, 4.69) is 18.2 Å². The van der Waals surface area contributed by atoms with Crippen LogP contribution in [0, 0.1) is 50.2 Å². The van der Waals surface area contributed by atoms with Crippen LogP contribution in [0.2, 0.25) is 0 Å². The molecule has 0 amide bonds. The highest BCUT2D eigenvalue weighted by molar-refractivity contribution is 5.90. The van der Waals surface area contributed by atoms with Crippen LogP contribution in [0.3, 0.4) is 0 Å². The van der Waals surface area contributed by atoms with Gasteiger partial charge in [0, 0.05) is 6.92 Å². The lowest BCUT2D eigenvalue weighted by molar-refractivity contribution is -0.253. The van der Waals surface area contributed by atoms with Crippen LogP contribution < -0.4 is 4.74 Å². The number of hydrogen-bond acceptors (Lipinski definition) is 7. The Labute approximate surface area is 202 Å². The fourth-order valence-corrected chi connectivity index (χ4v) is 5.30. The Morgan fingerprint density at radius 2 is 1.40 bits per heavy atom. The number of nitriles is 3. The molecule has 5 rings (SSSR count). The van der Waals surface area contributed by atoms with Gasteiger partial charge in [-0.25, -0.2) is 0 Å². The first-order chi connectivity index (χ1) is 16.9. The maximum Gasteiger partial charge on any atom is 0.218 e. The molecule has 3 aromatic carbocycles. The Morgan fingerprint density at radius 1 is 0.800 bits per heavy atom. The molecule has 2 fully saturated rings. The third kappa shape index (κ3) is 3.02. The van der Waals surface area contributed by atoms with Gasteiger partial charge in [0.25, 0.3) is 0 Å². The monoisotopic (exact) mass is 460 g/mol. The number of nitrogens with zero attached hydrogens (tertiary/aromatic N) is 3. The molecule has 0 aromatic heterocycles. The molecule has 4 unspecified atom stereocenters. The van der Waals surface area contributed by atoms with Gasteiger partial charge in [0.05, 0.1) is 24.1 Å². The van der Waals surface area contributed by atoms with E-state index >= 15 is 0 Å². The van der Waals surface area contributed by atoms with Crippen molar-refractivity contribution in [3.05, 3.63) is 96.1 Å². The second kappa shape index (κ2) is 7.99. The van der Waals surface area contributed by atoms with E-state index in [1.165, 1.54) is 0 Å².